The Morgan fingerprint density at radius 2 is 2.00 bits per heavy atom. The summed E-state index contributed by atoms with van der Waals surface area (Å²) >= 11 is 1.94. The third kappa shape index (κ3) is 3.15. The van der Waals surface area contributed by atoms with Crippen LogP contribution in [0, 0.1) is 19.8 Å². The van der Waals surface area contributed by atoms with Crippen LogP contribution in [-0.2, 0) is 6.54 Å². The van der Waals surface area contributed by atoms with Gasteiger partial charge in [0, 0.05) is 41.1 Å². The summed E-state index contributed by atoms with van der Waals surface area (Å²) in [4.78, 5) is 12.9. The smallest absolute Gasteiger partial charge is 0.129 e. The molecular weight excluding hydrogens is 302 g/mol. The molecule has 122 valence electrons. The summed E-state index contributed by atoms with van der Waals surface area (Å²) < 4.78 is 0. The van der Waals surface area contributed by atoms with Gasteiger partial charge in [0.25, 0.3) is 0 Å². The average Bonchev–Trinajstić information content (AvgIpc) is 3.13. The molecule has 2 aromatic rings. The van der Waals surface area contributed by atoms with E-state index in [4.69, 9.17) is 4.98 Å². The van der Waals surface area contributed by atoms with E-state index in [-0.39, 0.29) is 0 Å². The second kappa shape index (κ2) is 6.25. The Morgan fingerprint density at radius 1 is 1.13 bits per heavy atom. The molecule has 0 N–H and O–H groups in total. The lowest BCUT2D eigenvalue weighted by molar-refractivity contribution is 0.168. The zero-order chi connectivity index (χ0) is 15.8. The van der Waals surface area contributed by atoms with Gasteiger partial charge in [0.15, 0.2) is 0 Å². The van der Waals surface area contributed by atoms with Crippen molar-refractivity contribution in [2.75, 3.05) is 24.5 Å². The maximum Gasteiger partial charge on any atom is 0.129 e. The largest absolute Gasteiger partial charge is 0.352 e. The molecule has 2 aromatic heterocycles. The number of nitrogens with zero attached hydrogens (tertiary/aromatic N) is 3. The molecule has 2 aliphatic heterocycles. The van der Waals surface area contributed by atoms with E-state index in [1.165, 1.54) is 41.5 Å². The molecular formula is C19H25N3S. The Kier molecular flexibility index (Phi) is 4.12. The van der Waals surface area contributed by atoms with Crippen molar-refractivity contribution in [1.29, 1.82) is 0 Å². The Hall–Kier alpha value is -1.39. The Labute approximate surface area is 143 Å². The molecule has 0 aliphatic carbocycles. The molecule has 4 rings (SSSR count). The van der Waals surface area contributed by atoms with Crippen molar-refractivity contribution in [2.24, 2.45) is 5.92 Å². The molecule has 2 unspecified atom stereocenters. The SMILES string of the molecule is Cc1cccc(N2CCC3CCN(Cc4ccc(C)s4)CC32)n1. The van der Waals surface area contributed by atoms with Crippen molar-refractivity contribution >= 4 is 17.2 Å². The van der Waals surface area contributed by atoms with Crippen LogP contribution in [0.4, 0.5) is 5.82 Å². The lowest BCUT2D eigenvalue weighted by Gasteiger charge is -2.38. The minimum Gasteiger partial charge on any atom is -0.352 e. The molecule has 2 fully saturated rings. The summed E-state index contributed by atoms with van der Waals surface area (Å²) in [6, 6.07) is 11.6. The van der Waals surface area contributed by atoms with Crippen molar-refractivity contribution in [3.05, 3.63) is 45.8 Å². The van der Waals surface area contributed by atoms with Gasteiger partial charge in [-0.3, -0.25) is 4.90 Å². The van der Waals surface area contributed by atoms with E-state index >= 15 is 0 Å². The molecule has 2 atom stereocenters. The van der Waals surface area contributed by atoms with Gasteiger partial charge in [-0.15, -0.1) is 11.3 Å². The van der Waals surface area contributed by atoms with Gasteiger partial charge in [-0.25, -0.2) is 4.98 Å². The van der Waals surface area contributed by atoms with E-state index in [9.17, 15) is 0 Å². The molecule has 0 bridgehead atoms. The van der Waals surface area contributed by atoms with E-state index in [2.05, 4.69) is 54.0 Å². The van der Waals surface area contributed by atoms with Gasteiger partial charge < -0.3 is 4.90 Å². The topological polar surface area (TPSA) is 19.4 Å². The molecule has 0 spiro atoms. The van der Waals surface area contributed by atoms with Crippen LogP contribution in [0.2, 0.25) is 0 Å². The highest BCUT2D eigenvalue weighted by Gasteiger charge is 2.38. The standard InChI is InChI=1S/C19H25N3S/c1-14-4-3-5-19(20-14)22-11-9-16-8-10-21(13-18(16)22)12-17-7-6-15(2)23-17/h3-7,16,18H,8-13H2,1-2H3. The summed E-state index contributed by atoms with van der Waals surface area (Å²) in [6.07, 6.45) is 2.66. The molecule has 0 aromatic carbocycles. The molecule has 4 heteroatoms. The summed E-state index contributed by atoms with van der Waals surface area (Å²) in [6.45, 7) is 8.98. The quantitative estimate of drug-likeness (QED) is 0.853. The van der Waals surface area contributed by atoms with Crippen LogP contribution >= 0.6 is 11.3 Å². The Balaban J connectivity index is 1.48. The number of aromatic nitrogens is 1. The maximum atomic E-state index is 4.77. The number of rotatable bonds is 3. The fraction of sp³-hybridized carbons (Fsp3) is 0.526. The molecule has 0 amide bonds. The van der Waals surface area contributed by atoms with Crippen molar-refractivity contribution < 1.29 is 0 Å². The lowest BCUT2D eigenvalue weighted by Crippen LogP contribution is -2.48. The number of likely N-dealkylation sites (tertiary alicyclic amines) is 1. The monoisotopic (exact) mass is 327 g/mol. The molecule has 23 heavy (non-hydrogen) atoms. The van der Waals surface area contributed by atoms with Gasteiger partial charge in [-0.2, -0.15) is 0 Å². The van der Waals surface area contributed by atoms with Crippen LogP contribution in [-0.4, -0.2) is 35.6 Å². The van der Waals surface area contributed by atoms with Crippen molar-refractivity contribution in [2.45, 2.75) is 39.3 Å². The number of pyridine rings is 1. The maximum absolute atomic E-state index is 4.77. The predicted molar refractivity (Wildman–Crippen MR) is 97.2 cm³/mol. The number of thiophene rings is 1. The first kappa shape index (κ1) is 15.2. The van der Waals surface area contributed by atoms with Gasteiger partial charge in [-0.1, -0.05) is 6.07 Å². The Morgan fingerprint density at radius 3 is 2.78 bits per heavy atom. The second-order valence-corrected chi connectivity index (χ2v) is 8.36. The van der Waals surface area contributed by atoms with E-state index < -0.39 is 0 Å². The van der Waals surface area contributed by atoms with Gasteiger partial charge in [0.05, 0.1) is 0 Å². The number of piperidine rings is 1. The van der Waals surface area contributed by atoms with E-state index in [0.29, 0.717) is 6.04 Å². The van der Waals surface area contributed by atoms with Gasteiger partial charge in [0.2, 0.25) is 0 Å². The Bertz CT molecular complexity index is 681. The van der Waals surface area contributed by atoms with Gasteiger partial charge in [-0.05, 0) is 63.4 Å². The fourth-order valence-corrected chi connectivity index (χ4v) is 5.05. The zero-order valence-electron chi connectivity index (χ0n) is 14.0. The van der Waals surface area contributed by atoms with Gasteiger partial charge >= 0.3 is 0 Å². The molecule has 0 saturated carbocycles. The van der Waals surface area contributed by atoms with Crippen molar-refractivity contribution in [3.8, 4) is 0 Å². The third-order valence-corrected chi connectivity index (χ3v) is 6.28. The summed E-state index contributed by atoms with van der Waals surface area (Å²) in [5, 5.41) is 0. The average molecular weight is 327 g/mol. The van der Waals surface area contributed by atoms with Crippen molar-refractivity contribution in [1.82, 2.24) is 9.88 Å². The van der Waals surface area contributed by atoms with E-state index in [1.54, 1.807) is 0 Å². The van der Waals surface area contributed by atoms with Crippen molar-refractivity contribution in [3.63, 3.8) is 0 Å². The lowest BCUT2D eigenvalue weighted by atomic mass is 9.92. The highest BCUT2D eigenvalue weighted by molar-refractivity contribution is 7.11. The summed E-state index contributed by atoms with van der Waals surface area (Å²) in [5.74, 6) is 2.02. The molecule has 2 aliphatic rings. The highest BCUT2D eigenvalue weighted by atomic mass is 32.1. The first-order valence-electron chi connectivity index (χ1n) is 8.67. The minimum atomic E-state index is 0.638. The number of hydrogen-bond donors (Lipinski definition) is 0. The van der Waals surface area contributed by atoms with Crippen LogP contribution in [0.3, 0.4) is 0 Å². The normalized spacial score (nSPS) is 24.9. The highest BCUT2D eigenvalue weighted by Crippen LogP contribution is 2.35. The van der Waals surface area contributed by atoms with Crippen LogP contribution in [0.5, 0.6) is 0 Å². The van der Waals surface area contributed by atoms with E-state index in [1.807, 2.05) is 11.3 Å². The molecule has 0 radical (unpaired) electrons. The van der Waals surface area contributed by atoms with E-state index in [0.717, 1.165) is 24.7 Å². The first-order chi connectivity index (χ1) is 11.2. The number of hydrogen-bond acceptors (Lipinski definition) is 4. The number of anilines is 1. The van der Waals surface area contributed by atoms with Crippen LogP contribution in [0.25, 0.3) is 0 Å². The van der Waals surface area contributed by atoms with Crippen LogP contribution in [0.15, 0.2) is 30.3 Å². The number of aryl methyl sites for hydroxylation is 2. The minimum absolute atomic E-state index is 0.638. The summed E-state index contributed by atoms with van der Waals surface area (Å²) in [5.41, 5.74) is 1.12. The molecule has 3 nitrogen and oxygen atoms in total. The first-order valence-corrected chi connectivity index (χ1v) is 9.49. The third-order valence-electron chi connectivity index (χ3n) is 5.29. The second-order valence-electron chi connectivity index (χ2n) is 6.98. The van der Waals surface area contributed by atoms with Crippen LogP contribution in [0.1, 0.15) is 28.3 Å². The zero-order valence-corrected chi connectivity index (χ0v) is 14.9. The molecule has 2 saturated heterocycles. The van der Waals surface area contributed by atoms with Gasteiger partial charge in [0.1, 0.15) is 5.82 Å². The van der Waals surface area contributed by atoms with Crippen LogP contribution < -0.4 is 4.90 Å². The predicted octanol–water partition coefficient (Wildman–Crippen LogP) is 3.86. The summed E-state index contributed by atoms with van der Waals surface area (Å²) in [7, 11) is 0. The number of fused-ring (bicyclic) bond motifs is 1. The fourth-order valence-electron chi connectivity index (χ4n) is 4.11. The molecule has 4 heterocycles.